The highest BCUT2D eigenvalue weighted by Crippen LogP contribution is 2.12. The fourth-order valence-electron chi connectivity index (χ4n) is 1.79. The Labute approximate surface area is 144 Å². The number of ether oxygens (including phenoxy) is 1. The number of methoxy groups -OCH3 is 1. The molecule has 0 unspecified atom stereocenters. The number of nitrogens with two attached hydrogens (primary N) is 1. The molecule has 2 aromatic carbocycles. The van der Waals surface area contributed by atoms with Crippen molar-refractivity contribution in [3.63, 3.8) is 0 Å². The first-order chi connectivity index (χ1) is 12.1. The van der Waals surface area contributed by atoms with Crippen molar-refractivity contribution in [2.75, 3.05) is 7.11 Å². The maximum absolute atomic E-state index is 12.8. The van der Waals surface area contributed by atoms with Gasteiger partial charge >= 0.3 is 0 Å². The highest BCUT2D eigenvalue weighted by atomic mass is 19.1. The molecule has 0 spiro atoms. The maximum Gasteiger partial charge on any atom is 0.250 e. The van der Waals surface area contributed by atoms with Crippen molar-refractivity contribution in [3.8, 4) is 5.75 Å². The van der Waals surface area contributed by atoms with Crippen LogP contribution >= 0.6 is 0 Å². The average molecular weight is 340 g/mol. The van der Waals surface area contributed by atoms with Crippen LogP contribution in [0, 0.1) is 5.82 Å². The first-order valence-electron chi connectivity index (χ1n) is 7.32. The number of nitrogens with zero attached hydrogens (tertiary/aromatic N) is 2. The predicted octanol–water partition coefficient (Wildman–Crippen LogP) is 2.31. The molecule has 3 N–H and O–H groups in total. The van der Waals surface area contributed by atoms with Gasteiger partial charge in [0.15, 0.2) is 0 Å². The number of hydrogen-bond acceptors (Lipinski definition) is 4. The Bertz CT molecular complexity index is 797. The van der Waals surface area contributed by atoms with Crippen LogP contribution in [0.2, 0.25) is 0 Å². The summed E-state index contributed by atoms with van der Waals surface area (Å²) < 4.78 is 17.8. The van der Waals surface area contributed by atoms with Gasteiger partial charge in [-0.25, -0.2) is 4.39 Å². The third kappa shape index (κ3) is 6.26. The topological polar surface area (TPSA) is 89.1 Å². The molecule has 0 atom stereocenters. The molecule has 0 aromatic heterocycles. The number of amides is 1. The van der Waals surface area contributed by atoms with Crippen LogP contribution in [0.1, 0.15) is 11.1 Å². The molecule has 0 saturated carbocycles. The lowest BCUT2D eigenvalue weighted by Gasteiger charge is -2.00. The van der Waals surface area contributed by atoms with E-state index in [-0.39, 0.29) is 11.8 Å². The van der Waals surface area contributed by atoms with Crippen molar-refractivity contribution in [2.24, 2.45) is 15.9 Å². The minimum absolute atomic E-state index is 0.150. The summed E-state index contributed by atoms with van der Waals surface area (Å²) in [6.07, 6.45) is 4.35. The van der Waals surface area contributed by atoms with E-state index in [1.165, 1.54) is 24.4 Å². The lowest BCUT2D eigenvalue weighted by atomic mass is 10.2. The summed E-state index contributed by atoms with van der Waals surface area (Å²) >= 11 is 0. The fraction of sp³-hybridized carbons (Fsp3) is 0.0556. The van der Waals surface area contributed by atoms with Crippen LogP contribution in [0.3, 0.4) is 0 Å². The van der Waals surface area contributed by atoms with Crippen LogP contribution in [0.5, 0.6) is 5.75 Å². The highest BCUT2D eigenvalue weighted by molar-refractivity contribution is 6.03. The summed E-state index contributed by atoms with van der Waals surface area (Å²) in [6, 6.07) is 12.9. The summed E-state index contributed by atoms with van der Waals surface area (Å²) in [7, 11) is 1.58. The zero-order chi connectivity index (χ0) is 18.1. The van der Waals surface area contributed by atoms with E-state index in [1.54, 1.807) is 37.5 Å². The van der Waals surface area contributed by atoms with Gasteiger partial charge in [-0.05, 0) is 41.5 Å². The van der Waals surface area contributed by atoms with Gasteiger partial charge in [0.1, 0.15) is 11.6 Å². The first-order valence-corrected chi connectivity index (χ1v) is 7.32. The van der Waals surface area contributed by atoms with Crippen LogP contribution in [0.25, 0.3) is 6.08 Å². The minimum atomic E-state index is -0.436. The SMILES string of the molecule is COc1ccc(/C=C/C(=O)N/C(N)=N/N=C\c2ccc(F)cc2)cc1. The van der Waals surface area contributed by atoms with Gasteiger partial charge in [0.2, 0.25) is 5.96 Å². The van der Waals surface area contributed by atoms with E-state index >= 15 is 0 Å². The van der Waals surface area contributed by atoms with E-state index in [4.69, 9.17) is 10.5 Å². The molecule has 1 amide bonds. The molecule has 0 aliphatic heterocycles. The molecule has 0 heterocycles. The molecule has 0 bridgehead atoms. The molecule has 2 rings (SSSR count). The number of rotatable bonds is 5. The zero-order valence-corrected chi connectivity index (χ0v) is 13.5. The Kier molecular flexibility index (Phi) is 6.41. The van der Waals surface area contributed by atoms with E-state index in [2.05, 4.69) is 15.5 Å². The second-order valence-corrected chi connectivity index (χ2v) is 4.88. The third-order valence-corrected chi connectivity index (χ3v) is 3.04. The van der Waals surface area contributed by atoms with Crippen molar-refractivity contribution >= 4 is 24.2 Å². The van der Waals surface area contributed by atoms with Crippen molar-refractivity contribution in [3.05, 3.63) is 71.6 Å². The van der Waals surface area contributed by atoms with Gasteiger partial charge in [-0.2, -0.15) is 5.10 Å². The Morgan fingerprint density at radius 1 is 1.12 bits per heavy atom. The normalized spacial score (nSPS) is 11.8. The van der Waals surface area contributed by atoms with Crippen molar-refractivity contribution < 1.29 is 13.9 Å². The quantitative estimate of drug-likeness (QED) is 0.379. The molecule has 6 nitrogen and oxygen atoms in total. The lowest BCUT2D eigenvalue weighted by Crippen LogP contribution is -2.35. The summed E-state index contributed by atoms with van der Waals surface area (Å²) in [4.78, 5) is 11.7. The molecule has 128 valence electrons. The summed E-state index contributed by atoms with van der Waals surface area (Å²) in [5.41, 5.74) is 7.05. The van der Waals surface area contributed by atoms with Gasteiger partial charge in [-0.15, -0.1) is 5.10 Å². The van der Waals surface area contributed by atoms with Gasteiger partial charge < -0.3 is 10.5 Å². The van der Waals surface area contributed by atoms with Gasteiger partial charge in [0.05, 0.1) is 13.3 Å². The third-order valence-electron chi connectivity index (χ3n) is 3.04. The van der Waals surface area contributed by atoms with Gasteiger partial charge in [0.25, 0.3) is 5.91 Å². The number of halogens is 1. The predicted molar refractivity (Wildman–Crippen MR) is 95.8 cm³/mol. The van der Waals surface area contributed by atoms with Crippen LogP contribution in [-0.2, 0) is 4.79 Å². The highest BCUT2D eigenvalue weighted by Gasteiger charge is 1.98. The monoisotopic (exact) mass is 340 g/mol. The number of benzene rings is 2. The van der Waals surface area contributed by atoms with Crippen molar-refractivity contribution in [1.82, 2.24) is 5.32 Å². The minimum Gasteiger partial charge on any atom is -0.497 e. The number of hydrogen-bond donors (Lipinski definition) is 2. The van der Waals surface area contributed by atoms with E-state index in [0.29, 0.717) is 5.56 Å². The molecule has 0 aliphatic carbocycles. The molecule has 25 heavy (non-hydrogen) atoms. The first kappa shape index (κ1) is 17.9. The number of guanidine groups is 1. The zero-order valence-electron chi connectivity index (χ0n) is 13.5. The maximum atomic E-state index is 12.8. The number of carbonyl (C=O) groups excluding carboxylic acids is 1. The molecule has 0 aliphatic rings. The van der Waals surface area contributed by atoms with E-state index < -0.39 is 5.91 Å². The standard InChI is InChI=1S/C18H17FN4O2/c1-25-16-9-4-13(5-10-16)6-11-17(24)22-18(20)23-21-12-14-2-7-15(19)8-3-14/h2-12H,1H3,(H3,20,22,23,24)/b11-6+,21-12-. The van der Waals surface area contributed by atoms with Gasteiger partial charge in [0, 0.05) is 6.08 Å². The van der Waals surface area contributed by atoms with Crippen LogP contribution < -0.4 is 15.8 Å². The molecular formula is C18H17FN4O2. The molecule has 7 heteroatoms. The molecule has 2 aromatic rings. The summed E-state index contributed by atoms with van der Waals surface area (Å²) in [5.74, 6) is -0.190. The second kappa shape index (κ2) is 8.97. The molecule has 0 saturated heterocycles. The smallest absolute Gasteiger partial charge is 0.250 e. The van der Waals surface area contributed by atoms with Crippen molar-refractivity contribution in [1.29, 1.82) is 0 Å². The summed E-state index contributed by atoms with van der Waals surface area (Å²) in [6.45, 7) is 0. The fourth-order valence-corrected chi connectivity index (χ4v) is 1.79. The van der Waals surface area contributed by atoms with E-state index in [9.17, 15) is 9.18 Å². The Morgan fingerprint density at radius 2 is 1.76 bits per heavy atom. The number of nitrogens with one attached hydrogen (secondary N) is 1. The van der Waals surface area contributed by atoms with Gasteiger partial charge in [-0.3, -0.25) is 10.1 Å². The van der Waals surface area contributed by atoms with Crippen LogP contribution in [0.4, 0.5) is 4.39 Å². The largest absolute Gasteiger partial charge is 0.497 e. The Balaban J connectivity index is 1.87. The molecule has 0 fully saturated rings. The van der Waals surface area contributed by atoms with Crippen LogP contribution in [0.15, 0.2) is 64.8 Å². The summed E-state index contributed by atoms with van der Waals surface area (Å²) in [5, 5.41) is 9.74. The number of carbonyl (C=O) groups is 1. The van der Waals surface area contributed by atoms with Crippen LogP contribution in [-0.4, -0.2) is 25.2 Å². The van der Waals surface area contributed by atoms with E-state index in [1.807, 2.05) is 12.1 Å². The Morgan fingerprint density at radius 3 is 2.40 bits per heavy atom. The Hall–Kier alpha value is -3.48. The second-order valence-electron chi connectivity index (χ2n) is 4.88. The van der Waals surface area contributed by atoms with E-state index in [0.717, 1.165) is 11.3 Å². The van der Waals surface area contributed by atoms with Crippen molar-refractivity contribution in [2.45, 2.75) is 0 Å². The molecular weight excluding hydrogens is 323 g/mol. The molecule has 0 radical (unpaired) electrons. The average Bonchev–Trinajstić information content (AvgIpc) is 2.62. The van der Waals surface area contributed by atoms with Gasteiger partial charge in [-0.1, -0.05) is 24.3 Å². The lowest BCUT2D eigenvalue weighted by molar-refractivity contribution is -0.115.